The lowest BCUT2D eigenvalue weighted by molar-refractivity contribution is -0.0835. The van der Waals surface area contributed by atoms with Gasteiger partial charge in [0, 0.05) is 50.0 Å². The SMILES string of the molecule is COc1ccc(CN2C3CC2CN(C(C)C)C3)cn1. The predicted molar refractivity (Wildman–Crippen MR) is 75.2 cm³/mol. The van der Waals surface area contributed by atoms with Crippen LogP contribution in [-0.2, 0) is 6.54 Å². The monoisotopic (exact) mass is 261 g/mol. The number of rotatable bonds is 4. The Kier molecular flexibility index (Phi) is 3.46. The van der Waals surface area contributed by atoms with Gasteiger partial charge in [0.1, 0.15) is 0 Å². The standard InChI is InChI=1S/C15H23N3O/c1-11(2)17-9-13-6-14(10-17)18(13)8-12-4-5-15(19-3)16-7-12/h4-5,7,11,13-14H,6,8-10H2,1-3H3. The molecule has 0 N–H and O–H groups in total. The smallest absolute Gasteiger partial charge is 0.212 e. The van der Waals surface area contributed by atoms with E-state index in [1.54, 1.807) is 7.11 Å². The van der Waals surface area contributed by atoms with Gasteiger partial charge in [-0.1, -0.05) is 6.07 Å². The van der Waals surface area contributed by atoms with Gasteiger partial charge in [-0.3, -0.25) is 9.80 Å². The summed E-state index contributed by atoms with van der Waals surface area (Å²) in [5.41, 5.74) is 1.29. The van der Waals surface area contributed by atoms with Crippen LogP contribution in [0.25, 0.3) is 0 Å². The van der Waals surface area contributed by atoms with Gasteiger partial charge in [0.05, 0.1) is 7.11 Å². The quantitative estimate of drug-likeness (QED) is 0.826. The third kappa shape index (κ3) is 2.47. The first kappa shape index (κ1) is 12.9. The van der Waals surface area contributed by atoms with E-state index in [2.05, 4.69) is 34.7 Å². The van der Waals surface area contributed by atoms with Crippen LogP contribution >= 0.6 is 0 Å². The number of piperidine rings is 1. The van der Waals surface area contributed by atoms with Crippen LogP contribution in [0.4, 0.5) is 0 Å². The van der Waals surface area contributed by atoms with Crippen molar-refractivity contribution in [1.29, 1.82) is 0 Å². The highest BCUT2D eigenvalue weighted by molar-refractivity contribution is 5.19. The zero-order valence-electron chi connectivity index (χ0n) is 12.0. The number of pyridine rings is 1. The molecular formula is C15H23N3O. The highest BCUT2D eigenvalue weighted by atomic mass is 16.5. The molecule has 0 aromatic carbocycles. The summed E-state index contributed by atoms with van der Waals surface area (Å²) in [6.45, 7) is 8.05. The molecule has 0 aliphatic carbocycles. The molecule has 2 bridgehead atoms. The van der Waals surface area contributed by atoms with Crippen LogP contribution in [0, 0.1) is 0 Å². The number of nitrogens with zero attached hydrogens (tertiary/aromatic N) is 3. The van der Waals surface area contributed by atoms with Crippen molar-refractivity contribution in [3.8, 4) is 5.88 Å². The van der Waals surface area contributed by atoms with Crippen LogP contribution in [0.3, 0.4) is 0 Å². The zero-order chi connectivity index (χ0) is 13.4. The number of piperazine rings is 1. The molecule has 3 rings (SSSR count). The third-order valence-corrected chi connectivity index (χ3v) is 4.47. The molecule has 0 radical (unpaired) electrons. The average Bonchev–Trinajstić information content (AvgIpc) is 2.45. The molecule has 3 heterocycles. The summed E-state index contributed by atoms with van der Waals surface area (Å²) < 4.78 is 5.10. The fourth-order valence-corrected chi connectivity index (χ4v) is 3.24. The fourth-order valence-electron chi connectivity index (χ4n) is 3.24. The fraction of sp³-hybridized carbons (Fsp3) is 0.667. The summed E-state index contributed by atoms with van der Waals surface area (Å²) in [6, 6.07) is 6.23. The van der Waals surface area contributed by atoms with E-state index in [1.807, 2.05) is 12.3 Å². The summed E-state index contributed by atoms with van der Waals surface area (Å²) in [5.74, 6) is 0.693. The topological polar surface area (TPSA) is 28.6 Å². The van der Waals surface area contributed by atoms with Crippen molar-refractivity contribution in [2.24, 2.45) is 0 Å². The zero-order valence-corrected chi connectivity index (χ0v) is 12.0. The van der Waals surface area contributed by atoms with Crippen molar-refractivity contribution in [2.45, 2.75) is 44.9 Å². The minimum absolute atomic E-state index is 0.676. The number of aromatic nitrogens is 1. The first-order chi connectivity index (χ1) is 9.17. The number of likely N-dealkylation sites (tertiary alicyclic amines) is 2. The number of hydrogen-bond acceptors (Lipinski definition) is 4. The normalized spacial score (nSPS) is 27.4. The van der Waals surface area contributed by atoms with E-state index in [4.69, 9.17) is 4.74 Å². The van der Waals surface area contributed by atoms with Crippen molar-refractivity contribution >= 4 is 0 Å². The molecule has 1 aromatic rings. The molecular weight excluding hydrogens is 238 g/mol. The molecule has 2 atom stereocenters. The lowest BCUT2D eigenvalue weighted by atomic mass is 9.86. The molecule has 1 aromatic heterocycles. The highest BCUT2D eigenvalue weighted by Crippen LogP contribution is 2.34. The molecule has 4 nitrogen and oxygen atoms in total. The van der Waals surface area contributed by atoms with Crippen molar-refractivity contribution in [2.75, 3.05) is 20.2 Å². The van der Waals surface area contributed by atoms with E-state index in [1.165, 1.54) is 25.1 Å². The average molecular weight is 261 g/mol. The van der Waals surface area contributed by atoms with E-state index in [0.29, 0.717) is 11.9 Å². The molecule has 2 aliphatic heterocycles. The second kappa shape index (κ2) is 5.10. The van der Waals surface area contributed by atoms with Gasteiger partial charge in [-0.2, -0.15) is 0 Å². The minimum atomic E-state index is 0.676. The maximum Gasteiger partial charge on any atom is 0.212 e. The van der Waals surface area contributed by atoms with Crippen molar-refractivity contribution in [1.82, 2.24) is 14.8 Å². The Bertz CT molecular complexity index is 420. The Labute approximate surface area is 115 Å². The van der Waals surface area contributed by atoms with Crippen molar-refractivity contribution in [3.05, 3.63) is 23.9 Å². The number of fused-ring (bicyclic) bond motifs is 2. The second-order valence-electron chi connectivity index (χ2n) is 5.97. The van der Waals surface area contributed by atoms with Crippen LogP contribution in [0.1, 0.15) is 25.8 Å². The molecule has 19 heavy (non-hydrogen) atoms. The highest BCUT2D eigenvalue weighted by Gasteiger charge is 2.44. The van der Waals surface area contributed by atoms with Crippen LogP contribution < -0.4 is 4.74 Å². The van der Waals surface area contributed by atoms with E-state index < -0.39 is 0 Å². The Balaban J connectivity index is 1.60. The number of methoxy groups -OCH3 is 1. The Morgan fingerprint density at radius 1 is 1.32 bits per heavy atom. The predicted octanol–water partition coefficient (Wildman–Crippen LogP) is 1.76. The van der Waals surface area contributed by atoms with Gasteiger partial charge in [-0.05, 0) is 25.8 Å². The molecule has 2 unspecified atom stereocenters. The Morgan fingerprint density at radius 2 is 2.05 bits per heavy atom. The van der Waals surface area contributed by atoms with E-state index in [0.717, 1.165) is 18.6 Å². The summed E-state index contributed by atoms with van der Waals surface area (Å²) >= 11 is 0. The molecule has 2 aliphatic rings. The van der Waals surface area contributed by atoms with Gasteiger partial charge in [0.15, 0.2) is 0 Å². The van der Waals surface area contributed by atoms with Gasteiger partial charge < -0.3 is 4.74 Å². The van der Waals surface area contributed by atoms with E-state index in [-0.39, 0.29) is 0 Å². The van der Waals surface area contributed by atoms with E-state index >= 15 is 0 Å². The summed E-state index contributed by atoms with van der Waals surface area (Å²) in [5, 5.41) is 0. The number of ether oxygens (including phenoxy) is 1. The van der Waals surface area contributed by atoms with Crippen LogP contribution in [0.2, 0.25) is 0 Å². The Morgan fingerprint density at radius 3 is 2.58 bits per heavy atom. The molecule has 104 valence electrons. The maximum atomic E-state index is 5.10. The second-order valence-corrected chi connectivity index (χ2v) is 5.97. The summed E-state index contributed by atoms with van der Waals surface area (Å²) in [7, 11) is 1.66. The van der Waals surface area contributed by atoms with Crippen molar-refractivity contribution < 1.29 is 4.74 Å². The molecule has 0 spiro atoms. The first-order valence-electron chi connectivity index (χ1n) is 7.16. The first-order valence-corrected chi connectivity index (χ1v) is 7.16. The third-order valence-electron chi connectivity index (χ3n) is 4.47. The Hall–Kier alpha value is -1.13. The molecule has 0 amide bonds. The van der Waals surface area contributed by atoms with E-state index in [9.17, 15) is 0 Å². The summed E-state index contributed by atoms with van der Waals surface area (Å²) in [4.78, 5) is 9.51. The maximum absolute atomic E-state index is 5.10. The van der Waals surface area contributed by atoms with Crippen LogP contribution in [0.15, 0.2) is 18.3 Å². The minimum Gasteiger partial charge on any atom is -0.481 e. The molecule has 4 heteroatoms. The lowest BCUT2D eigenvalue weighted by Crippen LogP contribution is -2.68. The summed E-state index contributed by atoms with van der Waals surface area (Å²) in [6.07, 6.45) is 3.31. The molecule has 0 saturated carbocycles. The van der Waals surface area contributed by atoms with Crippen LogP contribution in [-0.4, -0.2) is 53.1 Å². The largest absolute Gasteiger partial charge is 0.481 e. The van der Waals surface area contributed by atoms with Crippen LogP contribution in [0.5, 0.6) is 5.88 Å². The number of hydrogen-bond donors (Lipinski definition) is 0. The van der Waals surface area contributed by atoms with Gasteiger partial charge in [0.25, 0.3) is 0 Å². The van der Waals surface area contributed by atoms with Gasteiger partial charge in [0.2, 0.25) is 5.88 Å². The lowest BCUT2D eigenvalue weighted by Gasteiger charge is -2.57. The van der Waals surface area contributed by atoms with Gasteiger partial charge in [-0.15, -0.1) is 0 Å². The molecule has 2 fully saturated rings. The van der Waals surface area contributed by atoms with Gasteiger partial charge >= 0.3 is 0 Å². The van der Waals surface area contributed by atoms with Gasteiger partial charge in [-0.25, -0.2) is 4.98 Å². The van der Waals surface area contributed by atoms with Crippen molar-refractivity contribution in [3.63, 3.8) is 0 Å². The molecule has 2 saturated heterocycles.